The van der Waals surface area contributed by atoms with Gasteiger partial charge in [-0.2, -0.15) is 0 Å². The monoisotopic (exact) mass is 266 g/mol. The molecule has 0 spiro atoms. The molecule has 1 aromatic rings. The molecule has 2 heterocycles. The van der Waals surface area contributed by atoms with Crippen LogP contribution < -0.4 is 10.2 Å². The van der Waals surface area contributed by atoms with E-state index >= 15 is 0 Å². The number of hydrogen-bond donors (Lipinski definition) is 2. The van der Waals surface area contributed by atoms with Crippen molar-refractivity contribution in [2.24, 2.45) is 11.8 Å². The standard InChI is InChI=1S/C13H22N4O2/c1-8(2)14-5-12-15-16-13(19-12)17-6-9-3-4-11(18)10(9)7-17/h8-11,14,18H,3-7H2,1-2H3. The molecule has 1 aliphatic carbocycles. The summed E-state index contributed by atoms with van der Waals surface area (Å²) >= 11 is 0. The first-order chi connectivity index (χ1) is 9.13. The van der Waals surface area contributed by atoms with Crippen molar-refractivity contribution in [3.05, 3.63) is 5.89 Å². The summed E-state index contributed by atoms with van der Waals surface area (Å²) in [6, 6.07) is 0.999. The van der Waals surface area contributed by atoms with Gasteiger partial charge in [0.2, 0.25) is 5.89 Å². The van der Waals surface area contributed by atoms with E-state index < -0.39 is 0 Å². The van der Waals surface area contributed by atoms with Crippen LogP contribution in [0.1, 0.15) is 32.6 Å². The Morgan fingerprint density at radius 2 is 2.21 bits per heavy atom. The summed E-state index contributed by atoms with van der Waals surface area (Å²) < 4.78 is 5.68. The van der Waals surface area contributed by atoms with Crippen molar-refractivity contribution in [2.75, 3.05) is 18.0 Å². The Hall–Kier alpha value is -1.14. The highest BCUT2D eigenvalue weighted by molar-refractivity contribution is 5.28. The number of hydrogen-bond acceptors (Lipinski definition) is 6. The maximum Gasteiger partial charge on any atom is 0.318 e. The van der Waals surface area contributed by atoms with Gasteiger partial charge >= 0.3 is 6.01 Å². The first-order valence-corrected chi connectivity index (χ1v) is 7.12. The Kier molecular flexibility index (Phi) is 3.45. The first-order valence-electron chi connectivity index (χ1n) is 7.12. The van der Waals surface area contributed by atoms with Crippen LogP contribution in [0.2, 0.25) is 0 Å². The smallest absolute Gasteiger partial charge is 0.318 e. The molecule has 2 fully saturated rings. The Morgan fingerprint density at radius 1 is 1.37 bits per heavy atom. The summed E-state index contributed by atoms with van der Waals surface area (Å²) in [5.74, 6) is 1.59. The van der Waals surface area contributed by atoms with Gasteiger partial charge < -0.3 is 19.7 Å². The van der Waals surface area contributed by atoms with Crippen molar-refractivity contribution in [1.29, 1.82) is 0 Å². The Labute approximate surface area is 113 Å². The SMILES string of the molecule is CC(C)NCc1nnc(N2CC3CCC(O)C3C2)o1. The molecule has 3 unspecified atom stereocenters. The lowest BCUT2D eigenvalue weighted by atomic mass is 10.00. The highest BCUT2D eigenvalue weighted by Crippen LogP contribution is 2.39. The van der Waals surface area contributed by atoms with Gasteiger partial charge in [-0.3, -0.25) is 0 Å². The summed E-state index contributed by atoms with van der Waals surface area (Å²) in [4.78, 5) is 2.11. The molecule has 2 aliphatic rings. The summed E-state index contributed by atoms with van der Waals surface area (Å²) in [6.45, 7) is 6.54. The summed E-state index contributed by atoms with van der Waals surface area (Å²) in [6.07, 6.45) is 1.90. The molecule has 3 atom stereocenters. The van der Waals surface area contributed by atoms with Crippen LogP contribution in [0.15, 0.2) is 4.42 Å². The topological polar surface area (TPSA) is 74.4 Å². The minimum absolute atomic E-state index is 0.153. The predicted molar refractivity (Wildman–Crippen MR) is 70.7 cm³/mol. The quantitative estimate of drug-likeness (QED) is 0.838. The fraction of sp³-hybridized carbons (Fsp3) is 0.846. The van der Waals surface area contributed by atoms with Crippen LogP contribution in [-0.4, -0.2) is 40.5 Å². The van der Waals surface area contributed by atoms with E-state index in [9.17, 15) is 5.11 Å². The van der Waals surface area contributed by atoms with E-state index in [0.717, 1.165) is 25.9 Å². The van der Waals surface area contributed by atoms with Gasteiger partial charge in [-0.05, 0) is 18.8 Å². The van der Waals surface area contributed by atoms with Crippen LogP contribution in [0.5, 0.6) is 0 Å². The van der Waals surface area contributed by atoms with Gasteiger partial charge in [0.1, 0.15) is 0 Å². The number of nitrogens with one attached hydrogen (secondary N) is 1. The van der Waals surface area contributed by atoms with Gasteiger partial charge in [0.15, 0.2) is 0 Å². The zero-order valence-electron chi connectivity index (χ0n) is 11.5. The minimum atomic E-state index is -0.153. The lowest BCUT2D eigenvalue weighted by Gasteiger charge is -2.15. The van der Waals surface area contributed by atoms with Gasteiger partial charge in [-0.15, -0.1) is 5.10 Å². The molecule has 1 aromatic heterocycles. The number of aromatic nitrogens is 2. The number of anilines is 1. The van der Waals surface area contributed by atoms with E-state index in [-0.39, 0.29) is 6.10 Å². The molecular weight excluding hydrogens is 244 g/mol. The number of rotatable bonds is 4. The van der Waals surface area contributed by atoms with E-state index in [0.29, 0.717) is 36.3 Å². The van der Waals surface area contributed by atoms with Gasteiger partial charge in [0.25, 0.3) is 0 Å². The number of nitrogens with zero attached hydrogens (tertiary/aromatic N) is 3. The molecule has 0 bridgehead atoms. The van der Waals surface area contributed by atoms with Crippen molar-refractivity contribution in [1.82, 2.24) is 15.5 Å². The second-order valence-electron chi connectivity index (χ2n) is 5.99. The van der Waals surface area contributed by atoms with E-state index in [2.05, 4.69) is 34.3 Å². The Morgan fingerprint density at radius 3 is 2.95 bits per heavy atom. The minimum Gasteiger partial charge on any atom is -0.407 e. The van der Waals surface area contributed by atoms with Crippen molar-refractivity contribution < 1.29 is 9.52 Å². The molecule has 106 valence electrons. The molecule has 1 saturated heterocycles. The third-order valence-electron chi connectivity index (χ3n) is 4.21. The van der Waals surface area contributed by atoms with E-state index in [1.54, 1.807) is 0 Å². The molecule has 1 aliphatic heterocycles. The van der Waals surface area contributed by atoms with Crippen molar-refractivity contribution in [2.45, 2.75) is 45.4 Å². The van der Waals surface area contributed by atoms with E-state index in [1.165, 1.54) is 0 Å². The fourth-order valence-corrected chi connectivity index (χ4v) is 3.13. The Bertz CT molecular complexity index is 434. The number of aliphatic hydroxyl groups is 1. The molecule has 3 rings (SSSR count). The summed E-state index contributed by atoms with van der Waals surface area (Å²) in [7, 11) is 0. The van der Waals surface area contributed by atoms with Crippen molar-refractivity contribution >= 4 is 6.01 Å². The van der Waals surface area contributed by atoms with Crippen LogP contribution in [0.3, 0.4) is 0 Å². The van der Waals surface area contributed by atoms with E-state index in [1.807, 2.05) is 0 Å². The maximum atomic E-state index is 9.91. The normalized spacial score (nSPS) is 30.3. The third-order valence-corrected chi connectivity index (χ3v) is 4.21. The second kappa shape index (κ2) is 5.09. The predicted octanol–water partition coefficient (Wildman–Crippen LogP) is 0.775. The lowest BCUT2D eigenvalue weighted by molar-refractivity contribution is 0.133. The number of aliphatic hydroxyl groups excluding tert-OH is 1. The molecule has 6 nitrogen and oxygen atoms in total. The highest BCUT2D eigenvalue weighted by Gasteiger charge is 2.43. The van der Waals surface area contributed by atoms with Crippen molar-refractivity contribution in [3.63, 3.8) is 0 Å². The van der Waals surface area contributed by atoms with Crippen LogP contribution in [0, 0.1) is 11.8 Å². The van der Waals surface area contributed by atoms with Crippen LogP contribution >= 0.6 is 0 Å². The molecule has 19 heavy (non-hydrogen) atoms. The summed E-state index contributed by atoms with van der Waals surface area (Å²) in [5, 5.41) is 21.3. The highest BCUT2D eigenvalue weighted by atomic mass is 16.4. The van der Waals surface area contributed by atoms with Crippen LogP contribution in [-0.2, 0) is 6.54 Å². The first kappa shape index (κ1) is 12.9. The lowest BCUT2D eigenvalue weighted by Crippen LogP contribution is -2.24. The largest absolute Gasteiger partial charge is 0.407 e. The average molecular weight is 266 g/mol. The molecule has 0 amide bonds. The molecule has 0 radical (unpaired) electrons. The van der Waals surface area contributed by atoms with Crippen molar-refractivity contribution in [3.8, 4) is 0 Å². The summed E-state index contributed by atoms with van der Waals surface area (Å²) in [5.41, 5.74) is 0. The fourth-order valence-electron chi connectivity index (χ4n) is 3.13. The van der Waals surface area contributed by atoms with Gasteiger partial charge in [0, 0.05) is 25.0 Å². The zero-order valence-corrected chi connectivity index (χ0v) is 11.5. The molecule has 0 aromatic carbocycles. The molecule has 6 heteroatoms. The van der Waals surface area contributed by atoms with Gasteiger partial charge in [-0.1, -0.05) is 18.9 Å². The van der Waals surface area contributed by atoms with Crippen LogP contribution in [0.25, 0.3) is 0 Å². The third kappa shape index (κ3) is 2.60. The zero-order chi connectivity index (χ0) is 13.4. The van der Waals surface area contributed by atoms with Gasteiger partial charge in [-0.25, -0.2) is 0 Å². The molecule has 2 N–H and O–H groups in total. The maximum absolute atomic E-state index is 9.91. The molecule has 1 saturated carbocycles. The van der Waals surface area contributed by atoms with Crippen LogP contribution in [0.4, 0.5) is 6.01 Å². The van der Waals surface area contributed by atoms with E-state index in [4.69, 9.17) is 4.42 Å². The Balaban J connectivity index is 1.61. The average Bonchev–Trinajstić information content (AvgIpc) is 3.04. The number of fused-ring (bicyclic) bond motifs is 1. The van der Waals surface area contributed by atoms with Gasteiger partial charge in [0.05, 0.1) is 12.6 Å². The second-order valence-corrected chi connectivity index (χ2v) is 5.99. The molecular formula is C13H22N4O2.